The molecule has 55 heavy (non-hydrogen) atoms. The molecule has 4 nitrogen and oxygen atoms in total. The maximum absolute atomic E-state index is 6.33. The zero-order chi connectivity index (χ0) is 36.3. The molecule has 2 unspecified atom stereocenters. The van der Waals surface area contributed by atoms with Gasteiger partial charge in [-0.05, 0) is 78.3 Å². The summed E-state index contributed by atoms with van der Waals surface area (Å²) in [6.45, 7) is 0. The van der Waals surface area contributed by atoms with E-state index in [4.69, 9.17) is 9.41 Å². The Bertz CT molecular complexity index is 3090. The van der Waals surface area contributed by atoms with Crippen molar-refractivity contribution < 1.29 is 4.42 Å². The van der Waals surface area contributed by atoms with Crippen molar-refractivity contribution in [2.75, 3.05) is 0 Å². The highest BCUT2D eigenvalue weighted by Crippen LogP contribution is 2.44. The van der Waals surface area contributed by atoms with E-state index in [1.54, 1.807) is 0 Å². The van der Waals surface area contributed by atoms with E-state index < -0.39 is 0 Å². The first-order chi connectivity index (χ1) is 27.3. The van der Waals surface area contributed by atoms with Crippen molar-refractivity contribution in [1.29, 1.82) is 0 Å². The number of hydrogen-bond donors (Lipinski definition) is 2. The molecule has 1 aliphatic heterocycles. The number of aliphatic imine (C=N–C) groups is 1. The first-order valence-electron chi connectivity index (χ1n) is 18.9. The van der Waals surface area contributed by atoms with E-state index in [1.165, 1.54) is 48.8 Å². The normalized spacial score (nSPS) is 15.8. The van der Waals surface area contributed by atoms with Gasteiger partial charge in [-0.1, -0.05) is 170 Å². The summed E-state index contributed by atoms with van der Waals surface area (Å²) in [5.74, 6) is 0.867. The molecule has 0 radical (unpaired) electrons. The third-order valence-electron chi connectivity index (χ3n) is 11.2. The molecule has 2 heterocycles. The van der Waals surface area contributed by atoms with Crippen LogP contribution in [0.25, 0.3) is 76.5 Å². The van der Waals surface area contributed by atoms with Crippen molar-refractivity contribution in [3.05, 3.63) is 205 Å². The number of benzene rings is 9. The number of furan rings is 1. The molecule has 0 aliphatic carbocycles. The molecule has 4 heteroatoms. The lowest BCUT2D eigenvalue weighted by molar-refractivity contribution is 0.412. The predicted molar refractivity (Wildman–Crippen MR) is 228 cm³/mol. The lowest BCUT2D eigenvalue weighted by Gasteiger charge is -2.34. The average molecular weight is 706 g/mol. The fourth-order valence-electron chi connectivity index (χ4n) is 8.59. The Hall–Kier alpha value is -7.01. The summed E-state index contributed by atoms with van der Waals surface area (Å²) in [5, 5.41) is 17.4. The van der Waals surface area contributed by atoms with Gasteiger partial charge in [0.15, 0.2) is 0 Å². The highest BCUT2D eigenvalue weighted by atomic mass is 16.3. The highest BCUT2D eigenvalue weighted by molar-refractivity contribution is 6.19. The van der Waals surface area contributed by atoms with E-state index >= 15 is 0 Å². The van der Waals surface area contributed by atoms with E-state index in [-0.39, 0.29) is 12.3 Å². The molecule has 11 rings (SSSR count). The van der Waals surface area contributed by atoms with Gasteiger partial charge in [-0.15, -0.1) is 0 Å². The fourth-order valence-corrected chi connectivity index (χ4v) is 8.59. The molecule has 2 atom stereocenters. The lowest BCUT2D eigenvalue weighted by atomic mass is 9.86. The molecule has 0 amide bonds. The van der Waals surface area contributed by atoms with Crippen LogP contribution in [0.2, 0.25) is 0 Å². The number of nitrogens with zero attached hydrogens (tertiary/aromatic N) is 1. The van der Waals surface area contributed by atoms with Gasteiger partial charge in [-0.2, -0.15) is 0 Å². The number of hydrogen-bond acceptors (Lipinski definition) is 4. The second-order valence-electron chi connectivity index (χ2n) is 14.3. The van der Waals surface area contributed by atoms with Gasteiger partial charge in [-0.3, -0.25) is 5.32 Å². The van der Waals surface area contributed by atoms with Crippen LogP contribution in [0.4, 0.5) is 0 Å². The van der Waals surface area contributed by atoms with E-state index in [9.17, 15) is 0 Å². The third kappa shape index (κ3) is 5.30. The smallest absolute Gasteiger partial charge is 0.136 e. The Morgan fingerprint density at radius 3 is 1.82 bits per heavy atom. The molecule has 10 aromatic rings. The maximum Gasteiger partial charge on any atom is 0.136 e. The van der Waals surface area contributed by atoms with Crippen LogP contribution in [0, 0.1) is 0 Å². The van der Waals surface area contributed by atoms with Crippen molar-refractivity contribution in [2.24, 2.45) is 4.99 Å². The summed E-state index contributed by atoms with van der Waals surface area (Å²) in [6, 6.07) is 67.0. The highest BCUT2D eigenvalue weighted by Gasteiger charge is 2.30. The maximum atomic E-state index is 6.33. The first-order valence-corrected chi connectivity index (χ1v) is 18.9. The molecule has 9 aromatic carbocycles. The minimum Gasteiger partial charge on any atom is -0.456 e. The molecule has 0 bridgehead atoms. The Kier molecular flexibility index (Phi) is 7.35. The second-order valence-corrected chi connectivity index (χ2v) is 14.3. The minimum atomic E-state index is -0.242. The van der Waals surface area contributed by atoms with E-state index in [0.29, 0.717) is 0 Å². The zero-order valence-corrected chi connectivity index (χ0v) is 29.9. The Morgan fingerprint density at radius 2 is 1.04 bits per heavy atom. The van der Waals surface area contributed by atoms with Gasteiger partial charge in [-0.25, -0.2) is 4.99 Å². The molecule has 0 saturated heterocycles. The molecule has 0 spiro atoms. The van der Waals surface area contributed by atoms with Crippen LogP contribution in [0.3, 0.4) is 0 Å². The molecule has 1 aromatic heterocycles. The average Bonchev–Trinajstić information content (AvgIpc) is 3.65. The van der Waals surface area contributed by atoms with Crippen LogP contribution in [0.1, 0.15) is 29.0 Å². The summed E-state index contributed by atoms with van der Waals surface area (Å²) < 4.78 is 6.33. The SMILES string of the molecule is c1ccc(C2=NC(c3ccccc3)NC(c3c(-c4ccc(-c5ccc6oc7ccc8ccccc8c7c6c5)cc4)c4ccccc4c4ccccc34)N2)cc1. The van der Waals surface area contributed by atoms with Crippen LogP contribution in [0.5, 0.6) is 0 Å². The number of amidine groups is 1. The van der Waals surface area contributed by atoms with Crippen molar-refractivity contribution in [2.45, 2.75) is 12.3 Å². The van der Waals surface area contributed by atoms with Crippen LogP contribution in [0.15, 0.2) is 197 Å². The van der Waals surface area contributed by atoms with Gasteiger partial charge < -0.3 is 9.73 Å². The van der Waals surface area contributed by atoms with Crippen LogP contribution in [-0.2, 0) is 0 Å². The molecular formula is C51H35N3O. The number of nitrogens with one attached hydrogen (secondary N) is 2. The van der Waals surface area contributed by atoms with Gasteiger partial charge in [0.2, 0.25) is 0 Å². The van der Waals surface area contributed by atoms with Crippen molar-refractivity contribution >= 4 is 60.1 Å². The number of fused-ring (bicyclic) bond motifs is 8. The van der Waals surface area contributed by atoms with Crippen LogP contribution in [-0.4, -0.2) is 5.84 Å². The molecule has 1 aliphatic rings. The molecular weight excluding hydrogens is 671 g/mol. The van der Waals surface area contributed by atoms with E-state index in [1.807, 2.05) is 6.07 Å². The zero-order valence-electron chi connectivity index (χ0n) is 29.9. The molecule has 0 fully saturated rings. The van der Waals surface area contributed by atoms with Gasteiger partial charge in [0.05, 0.1) is 0 Å². The lowest BCUT2D eigenvalue weighted by Crippen LogP contribution is -2.45. The van der Waals surface area contributed by atoms with Crippen molar-refractivity contribution in [3.8, 4) is 22.3 Å². The summed E-state index contributed by atoms with van der Waals surface area (Å²) >= 11 is 0. The standard InChI is InChI=1S/C51H35N3O/c1-3-14-35(15-4-1)49-52-50(36-16-5-2-6-17-36)54-51(53-49)48-42-22-12-10-20-40(42)39-19-9-11-21-41(39)46(48)34-25-23-32(24-26-34)37-28-29-44-43(31-37)47-38-18-8-7-13-33(38)27-30-45(47)55-44/h1-31,49,51,53H,(H,52,54). The minimum absolute atomic E-state index is 0.242. The first kappa shape index (κ1) is 31.5. The quantitative estimate of drug-likeness (QED) is 0.175. The molecule has 2 N–H and O–H groups in total. The Morgan fingerprint density at radius 1 is 0.436 bits per heavy atom. The largest absolute Gasteiger partial charge is 0.456 e. The van der Waals surface area contributed by atoms with Crippen LogP contribution >= 0.6 is 0 Å². The summed E-state index contributed by atoms with van der Waals surface area (Å²) in [4.78, 5) is 5.23. The van der Waals surface area contributed by atoms with Crippen LogP contribution < -0.4 is 10.6 Å². The van der Waals surface area contributed by atoms with Gasteiger partial charge >= 0.3 is 0 Å². The van der Waals surface area contributed by atoms with E-state index in [0.717, 1.165) is 50.2 Å². The van der Waals surface area contributed by atoms with Crippen molar-refractivity contribution in [1.82, 2.24) is 10.6 Å². The van der Waals surface area contributed by atoms with Gasteiger partial charge in [0.1, 0.15) is 29.3 Å². The van der Waals surface area contributed by atoms with E-state index in [2.05, 4.69) is 193 Å². The van der Waals surface area contributed by atoms with Gasteiger partial charge in [0.25, 0.3) is 0 Å². The third-order valence-corrected chi connectivity index (χ3v) is 11.2. The Balaban J connectivity index is 1.08. The summed E-state index contributed by atoms with van der Waals surface area (Å²) in [5.41, 5.74) is 9.86. The molecule has 260 valence electrons. The summed E-state index contributed by atoms with van der Waals surface area (Å²) in [6.07, 6.45) is -0.483. The monoisotopic (exact) mass is 705 g/mol. The number of rotatable bonds is 5. The second kappa shape index (κ2) is 12.8. The summed E-state index contributed by atoms with van der Waals surface area (Å²) in [7, 11) is 0. The predicted octanol–water partition coefficient (Wildman–Crippen LogP) is 12.7. The van der Waals surface area contributed by atoms with Gasteiger partial charge in [0, 0.05) is 21.9 Å². The fraction of sp³-hybridized carbons (Fsp3) is 0.0392. The topological polar surface area (TPSA) is 49.6 Å². The van der Waals surface area contributed by atoms with Crippen molar-refractivity contribution in [3.63, 3.8) is 0 Å². The Labute approximate surface area is 318 Å². The molecule has 0 saturated carbocycles.